The van der Waals surface area contributed by atoms with E-state index in [9.17, 15) is 9.59 Å². The fourth-order valence-electron chi connectivity index (χ4n) is 5.11. The van der Waals surface area contributed by atoms with Crippen molar-refractivity contribution in [2.75, 3.05) is 52.5 Å². The van der Waals surface area contributed by atoms with Gasteiger partial charge in [0.05, 0.1) is 25.8 Å². The van der Waals surface area contributed by atoms with Crippen molar-refractivity contribution in [1.82, 2.24) is 20.0 Å². The maximum absolute atomic E-state index is 12.6. The Balaban J connectivity index is 0.00000225. The highest BCUT2D eigenvalue weighted by Gasteiger charge is 2.43. The summed E-state index contributed by atoms with van der Waals surface area (Å²) in [5, 5.41) is 12.5. The summed E-state index contributed by atoms with van der Waals surface area (Å²) >= 11 is 0. The van der Waals surface area contributed by atoms with Crippen LogP contribution in [-0.2, 0) is 9.53 Å². The molecule has 3 unspecified atom stereocenters. The van der Waals surface area contributed by atoms with Crippen molar-refractivity contribution < 1.29 is 14.3 Å². The van der Waals surface area contributed by atoms with E-state index in [-0.39, 0.29) is 30.4 Å². The van der Waals surface area contributed by atoms with Gasteiger partial charge in [-0.05, 0) is 37.5 Å². The zero-order valence-corrected chi connectivity index (χ0v) is 17.0. The van der Waals surface area contributed by atoms with E-state index in [0.717, 1.165) is 38.8 Å². The fraction of sp³-hybridized carbons (Fsp3) is 0.842. The molecule has 4 aliphatic rings. The summed E-state index contributed by atoms with van der Waals surface area (Å²) < 4.78 is 5.33. The van der Waals surface area contributed by atoms with Gasteiger partial charge in [0.15, 0.2) is 0 Å². The van der Waals surface area contributed by atoms with E-state index >= 15 is 0 Å². The molecular weight excluding hydrogens is 382 g/mol. The summed E-state index contributed by atoms with van der Waals surface area (Å²) in [5.41, 5.74) is 0. The van der Waals surface area contributed by atoms with Crippen LogP contribution in [0.5, 0.6) is 0 Å². The molecule has 3 saturated heterocycles. The second kappa shape index (κ2) is 9.29. The number of hydrogen-bond donors (Lipinski definition) is 1. The largest absolute Gasteiger partial charge is 0.378 e. The van der Waals surface area contributed by atoms with E-state index in [1.54, 1.807) is 4.90 Å². The molecular formula is C19H30ClN5O3. The summed E-state index contributed by atoms with van der Waals surface area (Å²) in [5.74, 6) is 1.10. The van der Waals surface area contributed by atoms with Crippen LogP contribution in [0.3, 0.4) is 0 Å². The highest BCUT2D eigenvalue weighted by atomic mass is 35.5. The molecule has 9 heteroatoms. The molecule has 0 radical (unpaired) electrons. The number of halogens is 1. The first-order valence-electron chi connectivity index (χ1n) is 10.2. The normalized spacial score (nSPS) is 32.0. The number of carbonyl (C=O) groups excluding carboxylic acids is 2. The lowest BCUT2D eigenvalue weighted by Crippen LogP contribution is -2.48. The Kier molecular flexibility index (Phi) is 7.02. The van der Waals surface area contributed by atoms with Crippen LogP contribution in [-0.4, -0.2) is 91.2 Å². The number of nitrogens with one attached hydrogen (secondary N) is 1. The van der Waals surface area contributed by atoms with E-state index in [2.05, 4.69) is 11.4 Å². The topological polar surface area (TPSA) is 88.9 Å². The van der Waals surface area contributed by atoms with Crippen LogP contribution < -0.4 is 5.32 Å². The van der Waals surface area contributed by atoms with E-state index in [1.165, 1.54) is 0 Å². The number of nitriles is 1. The molecule has 3 heterocycles. The zero-order valence-electron chi connectivity index (χ0n) is 16.2. The molecule has 1 saturated carbocycles. The van der Waals surface area contributed by atoms with Crippen molar-refractivity contribution in [2.45, 2.75) is 37.8 Å². The number of urea groups is 1. The first-order chi connectivity index (χ1) is 13.2. The van der Waals surface area contributed by atoms with Crippen LogP contribution in [0.4, 0.5) is 4.79 Å². The SMILES string of the molecule is Cl.N#CC1CCCN1C(=O)CNC1CC2CN(C(=O)N3CCOCC3)C[C@H]2C1. The third-order valence-electron chi connectivity index (χ3n) is 6.57. The van der Waals surface area contributed by atoms with E-state index < -0.39 is 0 Å². The molecule has 0 aromatic rings. The molecule has 0 bridgehead atoms. The summed E-state index contributed by atoms with van der Waals surface area (Å²) in [7, 11) is 0. The number of hydrogen-bond acceptors (Lipinski definition) is 5. The minimum atomic E-state index is -0.248. The van der Waals surface area contributed by atoms with Gasteiger partial charge < -0.3 is 24.8 Å². The lowest BCUT2D eigenvalue weighted by Gasteiger charge is -2.31. The Hall–Kier alpha value is -1.56. The highest BCUT2D eigenvalue weighted by Crippen LogP contribution is 2.38. The second-order valence-corrected chi connectivity index (χ2v) is 8.23. The van der Waals surface area contributed by atoms with Gasteiger partial charge in [-0.2, -0.15) is 5.26 Å². The van der Waals surface area contributed by atoms with Gasteiger partial charge in [0.1, 0.15) is 6.04 Å². The molecule has 3 aliphatic heterocycles. The lowest BCUT2D eigenvalue weighted by molar-refractivity contribution is -0.130. The molecule has 0 aromatic heterocycles. The Morgan fingerprint density at radius 3 is 2.39 bits per heavy atom. The quantitative estimate of drug-likeness (QED) is 0.737. The van der Waals surface area contributed by atoms with Gasteiger partial charge in [-0.1, -0.05) is 0 Å². The molecule has 4 fully saturated rings. The third-order valence-corrected chi connectivity index (χ3v) is 6.57. The smallest absolute Gasteiger partial charge is 0.320 e. The molecule has 28 heavy (non-hydrogen) atoms. The Morgan fingerprint density at radius 1 is 1.07 bits per heavy atom. The van der Waals surface area contributed by atoms with Crippen molar-refractivity contribution in [3.63, 3.8) is 0 Å². The standard InChI is InChI=1S/C19H29N5O3.ClH/c20-10-17-2-1-3-24(17)18(25)11-21-16-8-14-12-23(13-15(14)9-16)19(26)22-4-6-27-7-5-22;/h14-17,21H,1-9,11-13H2;1H/t14-,15?,16?,17?;/m1./s1. The summed E-state index contributed by atoms with van der Waals surface area (Å²) in [6.45, 7) is 5.33. The molecule has 3 amide bonds. The number of likely N-dealkylation sites (tertiary alicyclic amines) is 2. The molecule has 4 atom stereocenters. The molecule has 0 aromatic carbocycles. The van der Waals surface area contributed by atoms with Gasteiger partial charge in [0, 0.05) is 38.8 Å². The van der Waals surface area contributed by atoms with Crippen LogP contribution >= 0.6 is 12.4 Å². The van der Waals surface area contributed by atoms with Crippen molar-refractivity contribution in [1.29, 1.82) is 5.26 Å². The maximum Gasteiger partial charge on any atom is 0.320 e. The minimum absolute atomic E-state index is 0. The van der Waals surface area contributed by atoms with Crippen molar-refractivity contribution in [3.05, 3.63) is 0 Å². The van der Waals surface area contributed by atoms with Crippen LogP contribution in [0.2, 0.25) is 0 Å². The van der Waals surface area contributed by atoms with Crippen molar-refractivity contribution >= 4 is 24.3 Å². The van der Waals surface area contributed by atoms with Gasteiger partial charge >= 0.3 is 6.03 Å². The van der Waals surface area contributed by atoms with E-state index in [0.29, 0.717) is 57.3 Å². The lowest BCUT2D eigenvalue weighted by atomic mass is 10.0. The molecule has 1 N–H and O–H groups in total. The highest BCUT2D eigenvalue weighted by molar-refractivity contribution is 5.85. The number of fused-ring (bicyclic) bond motifs is 1. The third kappa shape index (κ3) is 4.37. The fourth-order valence-corrected chi connectivity index (χ4v) is 5.11. The molecule has 156 valence electrons. The van der Waals surface area contributed by atoms with Crippen LogP contribution in [0, 0.1) is 23.2 Å². The van der Waals surface area contributed by atoms with Crippen LogP contribution in [0.15, 0.2) is 0 Å². The first-order valence-corrected chi connectivity index (χ1v) is 10.2. The molecule has 4 rings (SSSR count). The number of morpholine rings is 1. The Labute approximate surface area is 172 Å². The number of amides is 3. The average molecular weight is 412 g/mol. The molecule has 8 nitrogen and oxygen atoms in total. The molecule has 0 spiro atoms. The first kappa shape index (κ1) is 21.2. The summed E-state index contributed by atoms with van der Waals surface area (Å²) in [6, 6.07) is 2.47. The minimum Gasteiger partial charge on any atom is -0.378 e. The van der Waals surface area contributed by atoms with Crippen molar-refractivity contribution in [2.24, 2.45) is 11.8 Å². The number of nitrogens with zero attached hydrogens (tertiary/aromatic N) is 4. The van der Waals surface area contributed by atoms with Crippen LogP contribution in [0.25, 0.3) is 0 Å². The van der Waals surface area contributed by atoms with Gasteiger partial charge in [-0.15, -0.1) is 12.4 Å². The van der Waals surface area contributed by atoms with Gasteiger partial charge in [0.2, 0.25) is 5.91 Å². The summed E-state index contributed by atoms with van der Waals surface area (Å²) in [4.78, 5) is 30.6. The second-order valence-electron chi connectivity index (χ2n) is 8.23. The molecule has 1 aliphatic carbocycles. The monoisotopic (exact) mass is 411 g/mol. The van der Waals surface area contributed by atoms with Gasteiger partial charge in [-0.3, -0.25) is 4.79 Å². The predicted molar refractivity (Wildman–Crippen MR) is 105 cm³/mol. The maximum atomic E-state index is 12.6. The Bertz CT molecular complexity index is 607. The number of carbonyl (C=O) groups is 2. The number of rotatable bonds is 3. The van der Waals surface area contributed by atoms with Gasteiger partial charge in [0.25, 0.3) is 0 Å². The summed E-state index contributed by atoms with van der Waals surface area (Å²) in [6.07, 6.45) is 3.76. The van der Waals surface area contributed by atoms with Crippen LogP contribution in [0.1, 0.15) is 25.7 Å². The number of ether oxygens (including phenoxy) is 1. The Morgan fingerprint density at radius 2 is 1.75 bits per heavy atom. The average Bonchev–Trinajstić information content (AvgIpc) is 3.40. The van der Waals surface area contributed by atoms with E-state index in [4.69, 9.17) is 10.00 Å². The predicted octanol–water partition coefficient (Wildman–Crippen LogP) is 0.675. The van der Waals surface area contributed by atoms with E-state index in [1.807, 2.05) is 9.80 Å². The van der Waals surface area contributed by atoms with Gasteiger partial charge in [-0.25, -0.2) is 4.79 Å². The zero-order chi connectivity index (χ0) is 18.8. The van der Waals surface area contributed by atoms with Crippen molar-refractivity contribution in [3.8, 4) is 6.07 Å².